The summed E-state index contributed by atoms with van der Waals surface area (Å²) in [7, 11) is 0. The summed E-state index contributed by atoms with van der Waals surface area (Å²) in [6, 6.07) is 10.8. The van der Waals surface area contributed by atoms with E-state index >= 15 is 0 Å². The van der Waals surface area contributed by atoms with Gasteiger partial charge in [-0.1, -0.05) is 62.4 Å². The van der Waals surface area contributed by atoms with Gasteiger partial charge in [0.25, 0.3) is 0 Å². The molecule has 1 aromatic rings. The third kappa shape index (κ3) is 3.83. The maximum atomic E-state index is 13.5. The van der Waals surface area contributed by atoms with E-state index < -0.39 is 0 Å². The first-order valence-corrected chi connectivity index (χ1v) is 11.3. The fraction of sp³-hybridized carbons (Fsp3) is 0.667. The minimum Gasteiger partial charge on any atom is -0.337 e. The Bertz CT molecular complexity index is 683. The molecule has 4 rings (SSSR count). The van der Waals surface area contributed by atoms with Crippen molar-refractivity contribution in [1.29, 1.82) is 0 Å². The molecule has 1 aliphatic carbocycles. The molecule has 3 aliphatic rings. The molecule has 2 saturated heterocycles. The number of hydrogen-bond acceptors (Lipinski definition) is 2. The highest BCUT2D eigenvalue weighted by molar-refractivity contribution is 5.80. The van der Waals surface area contributed by atoms with Crippen LogP contribution in [0.25, 0.3) is 0 Å². The molecule has 0 bridgehead atoms. The minimum absolute atomic E-state index is 0.118. The summed E-state index contributed by atoms with van der Waals surface area (Å²) in [4.78, 5) is 30.4. The molecule has 0 aromatic heterocycles. The van der Waals surface area contributed by atoms with Gasteiger partial charge in [-0.05, 0) is 31.2 Å². The first-order valence-electron chi connectivity index (χ1n) is 11.3. The highest BCUT2D eigenvalue weighted by Crippen LogP contribution is 2.41. The fourth-order valence-corrected chi connectivity index (χ4v) is 5.83. The average molecular weight is 383 g/mol. The fourth-order valence-electron chi connectivity index (χ4n) is 5.83. The lowest BCUT2D eigenvalue weighted by Crippen LogP contribution is -2.51. The second-order valence-electron chi connectivity index (χ2n) is 8.96. The number of amides is 2. The Morgan fingerprint density at radius 3 is 2.25 bits per heavy atom. The molecule has 1 saturated carbocycles. The van der Waals surface area contributed by atoms with E-state index in [-0.39, 0.29) is 29.8 Å². The molecule has 3 atom stereocenters. The second-order valence-corrected chi connectivity index (χ2v) is 8.96. The molecule has 2 heterocycles. The molecular formula is C24H34N2O2. The van der Waals surface area contributed by atoms with E-state index in [9.17, 15) is 9.59 Å². The molecule has 1 aromatic carbocycles. The molecule has 0 unspecified atom stereocenters. The molecule has 2 aliphatic heterocycles. The second kappa shape index (κ2) is 8.67. The van der Waals surface area contributed by atoms with Crippen molar-refractivity contribution in [2.24, 2.45) is 5.92 Å². The van der Waals surface area contributed by atoms with Crippen LogP contribution in [-0.4, -0.2) is 46.8 Å². The quantitative estimate of drug-likeness (QED) is 0.763. The first kappa shape index (κ1) is 19.5. The van der Waals surface area contributed by atoms with Crippen LogP contribution < -0.4 is 0 Å². The van der Waals surface area contributed by atoms with E-state index in [0.29, 0.717) is 5.91 Å². The van der Waals surface area contributed by atoms with Gasteiger partial charge in [0.15, 0.2) is 0 Å². The topological polar surface area (TPSA) is 40.6 Å². The van der Waals surface area contributed by atoms with Crippen molar-refractivity contribution < 1.29 is 9.59 Å². The summed E-state index contributed by atoms with van der Waals surface area (Å²) >= 11 is 0. The van der Waals surface area contributed by atoms with Crippen LogP contribution in [0.1, 0.15) is 76.2 Å². The van der Waals surface area contributed by atoms with Crippen molar-refractivity contribution >= 4 is 11.8 Å². The summed E-state index contributed by atoms with van der Waals surface area (Å²) in [5.74, 6) is 0.933. The molecule has 0 N–H and O–H groups in total. The highest BCUT2D eigenvalue weighted by Gasteiger charge is 2.48. The van der Waals surface area contributed by atoms with E-state index in [1.54, 1.807) is 6.92 Å². The molecule has 0 radical (unpaired) electrons. The Hall–Kier alpha value is -1.84. The maximum Gasteiger partial charge on any atom is 0.226 e. The van der Waals surface area contributed by atoms with Gasteiger partial charge in [0.05, 0.1) is 12.1 Å². The zero-order valence-electron chi connectivity index (χ0n) is 17.2. The van der Waals surface area contributed by atoms with Gasteiger partial charge in [0, 0.05) is 31.8 Å². The SMILES string of the molecule is CC(=O)N1CCCCC[C@@H]2[C@@H]1[C@H](c1ccccc1)CN2C(=O)C1CCCCC1. The minimum atomic E-state index is 0.118. The number of rotatable bonds is 2. The van der Waals surface area contributed by atoms with Crippen molar-refractivity contribution in [2.45, 2.75) is 82.7 Å². The van der Waals surface area contributed by atoms with Gasteiger partial charge in [0.2, 0.25) is 11.8 Å². The summed E-state index contributed by atoms with van der Waals surface area (Å²) in [5.41, 5.74) is 1.27. The highest BCUT2D eigenvalue weighted by atomic mass is 16.2. The van der Waals surface area contributed by atoms with Crippen molar-refractivity contribution in [3.8, 4) is 0 Å². The number of nitrogens with zero attached hydrogens (tertiary/aromatic N) is 2. The van der Waals surface area contributed by atoms with Crippen LogP contribution in [0.3, 0.4) is 0 Å². The molecule has 3 fully saturated rings. The zero-order valence-corrected chi connectivity index (χ0v) is 17.2. The van der Waals surface area contributed by atoms with E-state index in [4.69, 9.17) is 0 Å². The Kier molecular flexibility index (Phi) is 6.03. The van der Waals surface area contributed by atoms with Gasteiger partial charge in [-0.2, -0.15) is 0 Å². The molecule has 2 amide bonds. The van der Waals surface area contributed by atoms with Crippen LogP contribution in [0.5, 0.6) is 0 Å². The van der Waals surface area contributed by atoms with Crippen LogP contribution in [0.2, 0.25) is 0 Å². The standard InChI is InChI=1S/C24H34N2O2/c1-18(27)25-16-10-4-9-15-22-23(25)21(19-11-5-2-6-12-19)17-26(22)24(28)20-13-7-3-8-14-20/h2,5-6,11-12,20-23H,3-4,7-10,13-17H2,1H3/t21-,22+,23-/m0/s1. The largest absolute Gasteiger partial charge is 0.337 e. The summed E-state index contributed by atoms with van der Waals surface area (Å²) in [5, 5.41) is 0. The van der Waals surface area contributed by atoms with Crippen LogP contribution in [0.4, 0.5) is 0 Å². The number of likely N-dealkylation sites (tertiary alicyclic amines) is 2. The summed E-state index contributed by atoms with van der Waals surface area (Å²) < 4.78 is 0. The molecule has 4 heteroatoms. The van der Waals surface area contributed by atoms with Crippen LogP contribution >= 0.6 is 0 Å². The van der Waals surface area contributed by atoms with Crippen LogP contribution in [0.15, 0.2) is 30.3 Å². The normalized spacial score (nSPS) is 29.1. The maximum absolute atomic E-state index is 13.5. The summed E-state index contributed by atoms with van der Waals surface area (Å²) in [6.07, 6.45) is 10.1. The third-order valence-electron chi connectivity index (χ3n) is 7.23. The van der Waals surface area contributed by atoms with E-state index in [1.807, 2.05) is 6.07 Å². The van der Waals surface area contributed by atoms with E-state index in [0.717, 1.165) is 51.6 Å². The molecular weight excluding hydrogens is 348 g/mol. The van der Waals surface area contributed by atoms with Gasteiger partial charge in [-0.15, -0.1) is 0 Å². The Morgan fingerprint density at radius 1 is 0.857 bits per heavy atom. The van der Waals surface area contributed by atoms with Crippen molar-refractivity contribution in [2.75, 3.05) is 13.1 Å². The summed E-state index contributed by atoms with van der Waals surface area (Å²) in [6.45, 7) is 3.29. The Balaban J connectivity index is 1.68. The number of hydrogen-bond donors (Lipinski definition) is 0. The Labute approximate surface area is 169 Å². The van der Waals surface area contributed by atoms with Crippen molar-refractivity contribution in [1.82, 2.24) is 9.80 Å². The number of benzene rings is 1. The van der Waals surface area contributed by atoms with E-state index in [2.05, 4.69) is 34.1 Å². The molecule has 0 spiro atoms. The smallest absolute Gasteiger partial charge is 0.226 e. The molecule has 28 heavy (non-hydrogen) atoms. The van der Waals surface area contributed by atoms with Crippen LogP contribution in [-0.2, 0) is 9.59 Å². The third-order valence-corrected chi connectivity index (χ3v) is 7.23. The molecule has 152 valence electrons. The Morgan fingerprint density at radius 2 is 1.54 bits per heavy atom. The van der Waals surface area contributed by atoms with E-state index in [1.165, 1.54) is 24.8 Å². The predicted molar refractivity (Wildman–Crippen MR) is 111 cm³/mol. The lowest BCUT2D eigenvalue weighted by Gasteiger charge is -2.39. The van der Waals surface area contributed by atoms with Gasteiger partial charge in [0.1, 0.15) is 0 Å². The number of fused-ring (bicyclic) bond motifs is 1. The van der Waals surface area contributed by atoms with Crippen molar-refractivity contribution in [3.05, 3.63) is 35.9 Å². The van der Waals surface area contributed by atoms with Gasteiger partial charge in [-0.25, -0.2) is 0 Å². The molecule has 4 nitrogen and oxygen atoms in total. The zero-order chi connectivity index (χ0) is 19.5. The average Bonchev–Trinajstić information content (AvgIpc) is 3.06. The van der Waals surface area contributed by atoms with Gasteiger partial charge in [-0.3, -0.25) is 9.59 Å². The monoisotopic (exact) mass is 382 g/mol. The lowest BCUT2D eigenvalue weighted by molar-refractivity contribution is -0.140. The number of carbonyl (C=O) groups is 2. The van der Waals surface area contributed by atoms with Gasteiger partial charge < -0.3 is 9.80 Å². The van der Waals surface area contributed by atoms with Crippen LogP contribution in [0, 0.1) is 5.92 Å². The first-order chi connectivity index (χ1) is 13.7. The van der Waals surface area contributed by atoms with Crippen molar-refractivity contribution in [3.63, 3.8) is 0 Å². The predicted octanol–water partition coefficient (Wildman–Crippen LogP) is 4.35. The lowest BCUT2D eigenvalue weighted by atomic mass is 9.86. The van der Waals surface area contributed by atoms with Gasteiger partial charge >= 0.3 is 0 Å². The number of carbonyl (C=O) groups excluding carboxylic acids is 2.